The molecule has 4 nitrogen and oxygen atoms in total. The number of hydrogen-bond donors (Lipinski definition) is 1. The van der Waals surface area contributed by atoms with Gasteiger partial charge in [0.1, 0.15) is 17.2 Å². The van der Waals surface area contributed by atoms with E-state index in [0.29, 0.717) is 28.4 Å². The fraction of sp³-hybridized carbons (Fsp3) is 0.222. The van der Waals surface area contributed by atoms with E-state index in [2.05, 4.69) is 5.92 Å². The Labute approximate surface area is 130 Å². The van der Waals surface area contributed by atoms with Gasteiger partial charge in [-0.25, -0.2) is 0 Å². The van der Waals surface area contributed by atoms with Crippen LogP contribution in [0.4, 0.5) is 0 Å². The van der Waals surface area contributed by atoms with Crippen molar-refractivity contribution in [2.45, 2.75) is 5.60 Å². The minimum atomic E-state index is -1.61. The third kappa shape index (κ3) is 2.72. The summed E-state index contributed by atoms with van der Waals surface area (Å²) in [6.07, 6.45) is 5.62. The summed E-state index contributed by atoms with van der Waals surface area (Å²) < 4.78 is 15.6. The van der Waals surface area contributed by atoms with Gasteiger partial charge in [0.2, 0.25) is 0 Å². The molecule has 0 aliphatic rings. The zero-order valence-corrected chi connectivity index (χ0v) is 12.8. The number of terminal acetylenes is 1. The maximum atomic E-state index is 11.0. The molecule has 114 valence electrons. The topological polar surface area (TPSA) is 47.9 Å². The SMILES string of the molecule is C#CC(O)(c1ccc(OC)cc1)c1ccc(OC)cc1OC. The predicted octanol–water partition coefficient (Wildman–Crippen LogP) is 2.58. The third-order valence-corrected chi connectivity index (χ3v) is 3.52. The van der Waals surface area contributed by atoms with Gasteiger partial charge in [0.05, 0.1) is 21.3 Å². The molecule has 0 fully saturated rings. The first-order chi connectivity index (χ1) is 10.6. The molecule has 0 heterocycles. The molecule has 4 heteroatoms. The van der Waals surface area contributed by atoms with Crippen LogP contribution in [-0.4, -0.2) is 26.4 Å². The molecule has 0 aliphatic carbocycles. The summed E-state index contributed by atoms with van der Waals surface area (Å²) in [5.41, 5.74) is -0.577. The molecule has 0 saturated heterocycles. The Hall–Kier alpha value is -2.64. The van der Waals surface area contributed by atoms with Gasteiger partial charge in [-0.05, 0) is 24.3 Å². The molecule has 0 amide bonds. The molecule has 0 radical (unpaired) electrons. The quantitative estimate of drug-likeness (QED) is 0.862. The van der Waals surface area contributed by atoms with Gasteiger partial charge in [-0.1, -0.05) is 18.1 Å². The van der Waals surface area contributed by atoms with Crippen LogP contribution in [0.25, 0.3) is 0 Å². The van der Waals surface area contributed by atoms with E-state index in [-0.39, 0.29) is 0 Å². The van der Waals surface area contributed by atoms with E-state index in [4.69, 9.17) is 20.6 Å². The van der Waals surface area contributed by atoms with E-state index in [1.807, 2.05) is 0 Å². The van der Waals surface area contributed by atoms with E-state index in [1.165, 1.54) is 7.11 Å². The van der Waals surface area contributed by atoms with Crippen molar-refractivity contribution in [1.82, 2.24) is 0 Å². The largest absolute Gasteiger partial charge is 0.497 e. The Balaban J connectivity index is 2.56. The van der Waals surface area contributed by atoms with Gasteiger partial charge in [0, 0.05) is 17.2 Å². The number of benzene rings is 2. The zero-order valence-electron chi connectivity index (χ0n) is 12.8. The van der Waals surface area contributed by atoms with Crippen molar-refractivity contribution < 1.29 is 19.3 Å². The van der Waals surface area contributed by atoms with Crippen molar-refractivity contribution in [3.8, 4) is 29.6 Å². The highest BCUT2D eigenvalue weighted by atomic mass is 16.5. The van der Waals surface area contributed by atoms with Crippen molar-refractivity contribution in [2.75, 3.05) is 21.3 Å². The maximum Gasteiger partial charge on any atom is 0.180 e. The number of aliphatic hydroxyl groups is 1. The fourth-order valence-electron chi connectivity index (χ4n) is 2.25. The van der Waals surface area contributed by atoms with E-state index in [0.717, 1.165) is 0 Å². The van der Waals surface area contributed by atoms with Crippen molar-refractivity contribution >= 4 is 0 Å². The Morgan fingerprint density at radius 3 is 2.00 bits per heavy atom. The van der Waals surface area contributed by atoms with E-state index < -0.39 is 5.60 Å². The Bertz CT molecular complexity index is 685. The zero-order chi connectivity index (χ0) is 16.2. The number of methoxy groups -OCH3 is 3. The van der Waals surface area contributed by atoms with Crippen LogP contribution in [-0.2, 0) is 5.60 Å². The molecule has 2 aromatic rings. The molecule has 2 aromatic carbocycles. The minimum absolute atomic E-state index is 0.454. The lowest BCUT2D eigenvalue weighted by Gasteiger charge is -2.25. The number of rotatable bonds is 5. The van der Waals surface area contributed by atoms with Crippen LogP contribution >= 0.6 is 0 Å². The van der Waals surface area contributed by atoms with Gasteiger partial charge in [-0.2, -0.15) is 0 Å². The van der Waals surface area contributed by atoms with Crippen LogP contribution in [0.5, 0.6) is 17.2 Å². The van der Waals surface area contributed by atoms with E-state index in [1.54, 1.807) is 56.7 Å². The molecular weight excluding hydrogens is 280 g/mol. The second-order valence-corrected chi connectivity index (χ2v) is 4.65. The second kappa shape index (κ2) is 6.42. The molecule has 0 aliphatic heterocycles. The molecule has 2 rings (SSSR count). The molecule has 22 heavy (non-hydrogen) atoms. The van der Waals surface area contributed by atoms with Crippen LogP contribution in [0.1, 0.15) is 11.1 Å². The van der Waals surface area contributed by atoms with Crippen molar-refractivity contribution in [3.63, 3.8) is 0 Å². The van der Waals surface area contributed by atoms with Gasteiger partial charge in [-0.15, -0.1) is 6.42 Å². The van der Waals surface area contributed by atoms with Crippen LogP contribution < -0.4 is 14.2 Å². The Morgan fingerprint density at radius 1 is 0.909 bits per heavy atom. The van der Waals surface area contributed by atoms with E-state index >= 15 is 0 Å². The lowest BCUT2D eigenvalue weighted by Crippen LogP contribution is -2.25. The summed E-state index contributed by atoms with van der Waals surface area (Å²) in [5.74, 6) is 4.21. The smallest absolute Gasteiger partial charge is 0.180 e. The first-order valence-electron chi connectivity index (χ1n) is 6.66. The van der Waals surface area contributed by atoms with E-state index in [9.17, 15) is 5.11 Å². The van der Waals surface area contributed by atoms with Gasteiger partial charge in [-0.3, -0.25) is 0 Å². The molecule has 1 unspecified atom stereocenters. The van der Waals surface area contributed by atoms with Crippen LogP contribution in [0.15, 0.2) is 42.5 Å². The van der Waals surface area contributed by atoms with Gasteiger partial charge < -0.3 is 19.3 Å². The maximum absolute atomic E-state index is 11.0. The average molecular weight is 298 g/mol. The summed E-state index contributed by atoms with van der Waals surface area (Å²) in [5, 5.41) is 11.0. The highest BCUT2D eigenvalue weighted by Crippen LogP contribution is 2.37. The van der Waals surface area contributed by atoms with Crippen molar-refractivity contribution in [1.29, 1.82) is 0 Å². The summed E-state index contributed by atoms with van der Waals surface area (Å²) in [7, 11) is 4.66. The normalized spacial score (nSPS) is 12.9. The van der Waals surface area contributed by atoms with Gasteiger partial charge in [0.25, 0.3) is 0 Å². The molecule has 0 saturated carbocycles. The lowest BCUT2D eigenvalue weighted by molar-refractivity contribution is 0.141. The lowest BCUT2D eigenvalue weighted by atomic mass is 9.86. The minimum Gasteiger partial charge on any atom is -0.497 e. The van der Waals surface area contributed by atoms with Crippen LogP contribution in [0.3, 0.4) is 0 Å². The average Bonchev–Trinajstić information content (AvgIpc) is 2.60. The van der Waals surface area contributed by atoms with Crippen LogP contribution in [0, 0.1) is 12.3 Å². The Morgan fingerprint density at radius 2 is 1.50 bits per heavy atom. The van der Waals surface area contributed by atoms with Gasteiger partial charge >= 0.3 is 0 Å². The third-order valence-electron chi connectivity index (χ3n) is 3.52. The first kappa shape index (κ1) is 15.7. The first-order valence-corrected chi connectivity index (χ1v) is 6.66. The summed E-state index contributed by atoms with van der Waals surface area (Å²) in [6, 6.07) is 12.0. The summed E-state index contributed by atoms with van der Waals surface area (Å²) in [4.78, 5) is 0. The number of ether oxygens (including phenoxy) is 3. The predicted molar refractivity (Wildman–Crippen MR) is 84.4 cm³/mol. The second-order valence-electron chi connectivity index (χ2n) is 4.65. The highest BCUT2D eigenvalue weighted by molar-refractivity contribution is 5.53. The fourth-order valence-corrected chi connectivity index (χ4v) is 2.25. The standard InChI is InChI=1S/C18H18O4/c1-5-18(19,13-6-8-14(20-2)9-7-13)16-11-10-15(21-3)12-17(16)22-4/h1,6-12,19H,2-4H3. The molecule has 0 spiro atoms. The molecule has 0 aromatic heterocycles. The van der Waals surface area contributed by atoms with Crippen molar-refractivity contribution in [2.24, 2.45) is 0 Å². The number of hydrogen-bond acceptors (Lipinski definition) is 4. The van der Waals surface area contributed by atoms with Crippen LogP contribution in [0.2, 0.25) is 0 Å². The van der Waals surface area contributed by atoms with Gasteiger partial charge in [0.15, 0.2) is 5.60 Å². The molecule has 1 atom stereocenters. The monoisotopic (exact) mass is 298 g/mol. The Kier molecular flexibility index (Phi) is 4.59. The van der Waals surface area contributed by atoms with Crippen molar-refractivity contribution in [3.05, 3.63) is 53.6 Å². The molecule has 1 N–H and O–H groups in total. The molecular formula is C18H18O4. The summed E-state index contributed by atoms with van der Waals surface area (Å²) in [6.45, 7) is 0. The highest BCUT2D eigenvalue weighted by Gasteiger charge is 2.32. The molecule has 0 bridgehead atoms. The summed E-state index contributed by atoms with van der Waals surface area (Å²) >= 11 is 0.